The van der Waals surface area contributed by atoms with Crippen molar-refractivity contribution in [2.24, 2.45) is 7.05 Å². The topological polar surface area (TPSA) is 17.8 Å². The number of hydrogen-bond acceptors (Lipinski definition) is 1. The molecule has 0 saturated heterocycles. The zero-order chi connectivity index (χ0) is 12.5. The van der Waals surface area contributed by atoms with Crippen molar-refractivity contribution < 1.29 is 0 Å². The number of fused-ring (bicyclic) bond motifs is 1. The first-order chi connectivity index (χ1) is 8.79. The van der Waals surface area contributed by atoms with Crippen LogP contribution in [0.3, 0.4) is 0 Å². The van der Waals surface area contributed by atoms with Crippen LogP contribution in [-0.4, -0.2) is 15.4 Å². The fourth-order valence-electron chi connectivity index (χ4n) is 3.07. The summed E-state index contributed by atoms with van der Waals surface area (Å²) in [7, 11) is 2.15. The molecule has 18 heavy (non-hydrogen) atoms. The number of nitrogens with zero attached hydrogens (tertiary/aromatic N) is 2. The highest BCUT2D eigenvalue weighted by Gasteiger charge is 2.22. The van der Waals surface area contributed by atoms with E-state index in [9.17, 15) is 0 Å². The van der Waals surface area contributed by atoms with Gasteiger partial charge in [-0.15, -0.1) is 11.6 Å². The summed E-state index contributed by atoms with van der Waals surface area (Å²) in [5.41, 5.74) is 3.68. The Morgan fingerprint density at radius 3 is 2.83 bits per heavy atom. The van der Waals surface area contributed by atoms with E-state index in [0.717, 1.165) is 11.9 Å². The summed E-state index contributed by atoms with van der Waals surface area (Å²) in [6.07, 6.45) is 6.23. The summed E-state index contributed by atoms with van der Waals surface area (Å²) in [6, 6.07) is 6.52. The maximum absolute atomic E-state index is 5.81. The van der Waals surface area contributed by atoms with Crippen molar-refractivity contribution >= 4 is 22.6 Å². The highest BCUT2D eigenvalue weighted by atomic mass is 35.5. The van der Waals surface area contributed by atoms with Gasteiger partial charge in [-0.2, -0.15) is 0 Å². The lowest BCUT2D eigenvalue weighted by atomic mass is 10.1. The molecule has 1 aliphatic carbocycles. The Morgan fingerprint density at radius 1 is 1.33 bits per heavy atom. The van der Waals surface area contributed by atoms with Gasteiger partial charge in [-0.05, 0) is 37.0 Å². The molecule has 0 atom stereocenters. The summed E-state index contributed by atoms with van der Waals surface area (Å²) in [6.45, 7) is 0. The predicted molar refractivity (Wildman–Crippen MR) is 76.3 cm³/mol. The number of rotatable bonds is 3. The fraction of sp³-hybridized carbons (Fsp3) is 0.533. The van der Waals surface area contributed by atoms with Crippen LogP contribution in [0.1, 0.15) is 43.0 Å². The van der Waals surface area contributed by atoms with Gasteiger partial charge in [0.15, 0.2) is 0 Å². The average Bonchev–Trinajstić information content (AvgIpc) is 2.99. The number of aromatic nitrogens is 2. The Kier molecular flexibility index (Phi) is 3.29. The largest absolute Gasteiger partial charge is 0.331 e. The molecule has 3 heteroatoms. The average molecular weight is 263 g/mol. The van der Waals surface area contributed by atoms with E-state index in [1.807, 2.05) is 0 Å². The molecule has 96 valence electrons. The minimum atomic E-state index is 0.666. The molecule has 0 unspecified atom stereocenters. The Morgan fingerprint density at radius 2 is 2.11 bits per heavy atom. The van der Waals surface area contributed by atoms with Crippen LogP contribution in [0.2, 0.25) is 0 Å². The lowest BCUT2D eigenvalue weighted by molar-refractivity contribution is 0.639. The second-order valence-electron chi connectivity index (χ2n) is 5.27. The summed E-state index contributed by atoms with van der Waals surface area (Å²) >= 11 is 5.81. The molecule has 0 spiro atoms. The molecule has 1 saturated carbocycles. The third-order valence-corrected chi connectivity index (χ3v) is 4.27. The molecule has 1 heterocycles. The minimum absolute atomic E-state index is 0.666. The molecule has 1 aromatic heterocycles. The standard InChI is InChI=1S/C15H19ClN2/c1-18-14-10-11(8-9-16)6-7-13(14)17-15(18)12-4-2-3-5-12/h6-7,10,12H,2-5,8-9H2,1H3. The molecule has 3 rings (SSSR count). The molecule has 0 amide bonds. The van der Waals surface area contributed by atoms with E-state index in [1.54, 1.807) is 0 Å². The van der Waals surface area contributed by atoms with Crippen molar-refractivity contribution in [1.29, 1.82) is 0 Å². The first kappa shape index (κ1) is 12.0. The number of alkyl halides is 1. The minimum Gasteiger partial charge on any atom is -0.331 e. The highest BCUT2D eigenvalue weighted by molar-refractivity contribution is 6.18. The Hall–Kier alpha value is -1.02. The van der Waals surface area contributed by atoms with Gasteiger partial charge in [0, 0.05) is 18.8 Å². The van der Waals surface area contributed by atoms with Crippen LogP contribution in [0.5, 0.6) is 0 Å². The van der Waals surface area contributed by atoms with Crippen molar-refractivity contribution in [1.82, 2.24) is 9.55 Å². The molecule has 1 aromatic carbocycles. The van der Waals surface area contributed by atoms with Crippen LogP contribution in [0, 0.1) is 0 Å². The van der Waals surface area contributed by atoms with Crippen LogP contribution in [0.25, 0.3) is 11.0 Å². The van der Waals surface area contributed by atoms with Gasteiger partial charge in [-0.1, -0.05) is 18.9 Å². The molecule has 0 aliphatic heterocycles. The smallest absolute Gasteiger partial charge is 0.112 e. The molecule has 0 bridgehead atoms. The second kappa shape index (κ2) is 4.93. The zero-order valence-corrected chi connectivity index (χ0v) is 11.6. The maximum atomic E-state index is 5.81. The number of halogens is 1. The molecular weight excluding hydrogens is 244 g/mol. The van der Waals surface area contributed by atoms with E-state index in [-0.39, 0.29) is 0 Å². The normalized spacial score (nSPS) is 16.8. The van der Waals surface area contributed by atoms with Crippen LogP contribution < -0.4 is 0 Å². The van der Waals surface area contributed by atoms with Gasteiger partial charge in [-0.25, -0.2) is 4.98 Å². The Bertz CT molecular complexity index is 553. The molecule has 0 N–H and O–H groups in total. The van der Waals surface area contributed by atoms with Crippen molar-refractivity contribution in [3.63, 3.8) is 0 Å². The lowest BCUT2D eigenvalue weighted by Crippen LogP contribution is -2.02. The van der Waals surface area contributed by atoms with Crippen LogP contribution in [0.4, 0.5) is 0 Å². The van der Waals surface area contributed by atoms with Gasteiger partial charge in [0.25, 0.3) is 0 Å². The predicted octanol–water partition coefficient (Wildman–Crippen LogP) is 4.01. The van der Waals surface area contributed by atoms with Crippen molar-refractivity contribution in [2.45, 2.75) is 38.0 Å². The van der Waals surface area contributed by atoms with E-state index in [1.165, 1.54) is 42.6 Å². The summed E-state index contributed by atoms with van der Waals surface area (Å²) in [5, 5.41) is 0. The van der Waals surface area contributed by atoms with E-state index in [4.69, 9.17) is 16.6 Å². The van der Waals surface area contributed by atoms with Crippen molar-refractivity contribution in [2.75, 3.05) is 5.88 Å². The summed E-state index contributed by atoms with van der Waals surface area (Å²) in [4.78, 5) is 4.83. The molecule has 0 radical (unpaired) electrons. The van der Waals surface area contributed by atoms with Crippen LogP contribution in [0.15, 0.2) is 18.2 Å². The van der Waals surface area contributed by atoms with Crippen LogP contribution in [-0.2, 0) is 13.5 Å². The van der Waals surface area contributed by atoms with E-state index in [2.05, 4.69) is 29.8 Å². The third kappa shape index (κ3) is 2.03. The van der Waals surface area contributed by atoms with Gasteiger partial charge >= 0.3 is 0 Å². The molecule has 2 nitrogen and oxygen atoms in total. The number of imidazole rings is 1. The number of aryl methyl sites for hydroxylation is 2. The Balaban J connectivity index is 2.04. The van der Waals surface area contributed by atoms with E-state index < -0.39 is 0 Å². The van der Waals surface area contributed by atoms with Gasteiger partial charge in [0.05, 0.1) is 11.0 Å². The molecule has 1 fully saturated rings. The zero-order valence-electron chi connectivity index (χ0n) is 10.8. The second-order valence-corrected chi connectivity index (χ2v) is 5.65. The maximum Gasteiger partial charge on any atom is 0.112 e. The third-order valence-electron chi connectivity index (χ3n) is 4.08. The first-order valence-corrected chi connectivity index (χ1v) is 7.34. The summed E-state index contributed by atoms with van der Waals surface area (Å²) < 4.78 is 2.28. The van der Waals surface area contributed by atoms with Crippen molar-refractivity contribution in [3.05, 3.63) is 29.6 Å². The molecular formula is C15H19ClN2. The number of hydrogen-bond donors (Lipinski definition) is 0. The SMILES string of the molecule is Cn1c(C2CCCC2)nc2ccc(CCCl)cc21. The lowest BCUT2D eigenvalue weighted by Gasteiger charge is -2.08. The van der Waals surface area contributed by atoms with Gasteiger partial charge in [-0.3, -0.25) is 0 Å². The van der Waals surface area contributed by atoms with Gasteiger partial charge in [0.1, 0.15) is 5.82 Å². The van der Waals surface area contributed by atoms with Gasteiger partial charge in [0.2, 0.25) is 0 Å². The van der Waals surface area contributed by atoms with Gasteiger partial charge < -0.3 is 4.57 Å². The number of benzene rings is 1. The quantitative estimate of drug-likeness (QED) is 0.764. The Labute approximate surface area is 113 Å². The highest BCUT2D eigenvalue weighted by Crippen LogP contribution is 2.34. The van der Waals surface area contributed by atoms with E-state index >= 15 is 0 Å². The fourth-order valence-corrected chi connectivity index (χ4v) is 3.29. The molecule has 1 aliphatic rings. The monoisotopic (exact) mass is 262 g/mol. The van der Waals surface area contributed by atoms with Crippen molar-refractivity contribution in [3.8, 4) is 0 Å². The summed E-state index contributed by atoms with van der Waals surface area (Å²) in [5.74, 6) is 2.61. The first-order valence-electron chi connectivity index (χ1n) is 6.81. The van der Waals surface area contributed by atoms with E-state index in [0.29, 0.717) is 11.8 Å². The van der Waals surface area contributed by atoms with Crippen LogP contribution >= 0.6 is 11.6 Å². The molecule has 2 aromatic rings.